The first-order valence-electron chi connectivity index (χ1n) is 9.25. The molecule has 0 aliphatic heterocycles. The number of nitrogens with zero attached hydrogens (tertiary/aromatic N) is 1. The van der Waals surface area contributed by atoms with Gasteiger partial charge in [-0.25, -0.2) is 4.79 Å². The molecule has 10 nitrogen and oxygen atoms in total. The van der Waals surface area contributed by atoms with Crippen LogP contribution in [0.25, 0.3) is 0 Å². The summed E-state index contributed by atoms with van der Waals surface area (Å²) in [6, 6.07) is 8.66. The number of thioether (sulfide) groups is 1. The van der Waals surface area contributed by atoms with Crippen molar-refractivity contribution in [1.29, 1.82) is 0 Å². The van der Waals surface area contributed by atoms with Crippen LogP contribution in [-0.2, 0) is 4.74 Å². The number of ether oxygens (including phenoxy) is 2. The molecule has 2 aromatic rings. The van der Waals surface area contributed by atoms with Gasteiger partial charge < -0.3 is 24.6 Å². The zero-order chi connectivity index (χ0) is 22.2. The van der Waals surface area contributed by atoms with Crippen LogP contribution in [0, 0.1) is 0 Å². The number of ketones is 2. The Balaban J connectivity index is 1.39. The lowest BCUT2D eigenvalue weighted by atomic mass is 10.00. The van der Waals surface area contributed by atoms with Crippen molar-refractivity contribution in [3.05, 3.63) is 58.3 Å². The summed E-state index contributed by atoms with van der Waals surface area (Å²) in [5.74, 6) is -1.05. The number of carbonyl (C=O) groups is 4. The third kappa shape index (κ3) is 5.58. The number of fused-ring (bicyclic) bond motifs is 1. The molecule has 0 radical (unpaired) electrons. The topological polar surface area (TPSA) is 137 Å². The zero-order valence-electron chi connectivity index (χ0n) is 16.5. The highest BCUT2D eigenvalue weighted by Gasteiger charge is 2.35. The van der Waals surface area contributed by atoms with Gasteiger partial charge in [0.15, 0.2) is 5.69 Å². The number of carbonyl (C=O) groups excluding carboxylic acids is 4. The van der Waals surface area contributed by atoms with Gasteiger partial charge >= 0.3 is 6.09 Å². The van der Waals surface area contributed by atoms with Gasteiger partial charge in [-0.3, -0.25) is 14.4 Å². The Kier molecular flexibility index (Phi) is 7.57. The van der Waals surface area contributed by atoms with Crippen molar-refractivity contribution < 1.29 is 33.2 Å². The van der Waals surface area contributed by atoms with E-state index in [9.17, 15) is 19.2 Å². The molecule has 1 aromatic heterocycles. The fourth-order valence-electron chi connectivity index (χ4n) is 2.59. The third-order valence-electron chi connectivity index (χ3n) is 4.03. The fraction of sp³-hybridized carbons (Fsp3) is 0.250. The second-order valence-corrected chi connectivity index (χ2v) is 7.24. The first kappa shape index (κ1) is 22.2. The average Bonchev–Trinajstić information content (AvgIpc) is 3.22. The van der Waals surface area contributed by atoms with Crippen molar-refractivity contribution in [3.8, 4) is 5.75 Å². The van der Waals surface area contributed by atoms with Gasteiger partial charge in [0.25, 0.3) is 5.91 Å². The highest BCUT2D eigenvalue weighted by Crippen LogP contribution is 2.30. The zero-order valence-corrected chi connectivity index (χ0v) is 17.3. The predicted molar refractivity (Wildman–Crippen MR) is 110 cm³/mol. The Morgan fingerprint density at radius 3 is 2.68 bits per heavy atom. The quantitative estimate of drug-likeness (QED) is 0.554. The molecule has 0 fully saturated rings. The van der Waals surface area contributed by atoms with Crippen LogP contribution >= 0.6 is 11.8 Å². The van der Waals surface area contributed by atoms with Crippen LogP contribution < -0.4 is 15.4 Å². The molecule has 1 aliphatic carbocycles. The van der Waals surface area contributed by atoms with E-state index in [2.05, 4.69) is 15.8 Å². The van der Waals surface area contributed by atoms with Crippen LogP contribution in [-0.4, -0.2) is 61.3 Å². The molecule has 0 atom stereocenters. The van der Waals surface area contributed by atoms with Gasteiger partial charge in [0.05, 0.1) is 18.1 Å². The van der Waals surface area contributed by atoms with E-state index in [0.717, 1.165) is 17.8 Å². The van der Waals surface area contributed by atoms with E-state index in [-0.39, 0.29) is 41.7 Å². The number of amides is 2. The maximum Gasteiger partial charge on any atom is 0.412 e. The van der Waals surface area contributed by atoms with E-state index in [1.807, 2.05) is 6.07 Å². The van der Waals surface area contributed by atoms with E-state index in [1.54, 1.807) is 24.3 Å². The first-order chi connectivity index (χ1) is 15.0. The van der Waals surface area contributed by atoms with Gasteiger partial charge in [0.2, 0.25) is 17.3 Å². The lowest BCUT2D eigenvalue weighted by molar-refractivity contribution is 0.0944. The van der Waals surface area contributed by atoms with Crippen molar-refractivity contribution in [2.75, 3.05) is 32.6 Å². The monoisotopic (exact) mass is 445 g/mol. The molecule has 1 heterocycles. The molecule has 31 heavy (non-hydrogen) atoms. The standard InChI is InChI=1S/C20H19N3O7S/c1-21-19(26)16-15-17(25)14(11-13(24)18(15)30-23-16)31-10-9-28-8-7-22-20(27)29-12-5-3-2-4-6-12/h2-6,11H,7-10H2,1H3,(H,21,26)(H,22,27). The molecule has 1 aliphatic rings. The van der Waals surface area contributed by atoms with Crippen LogP contribution in [0.4, 0.5) is 4.79 Å². The molecule has 0 saturated heterocycles. The molecule has 2 N–H and O–H groups in total. The van der Waals surface area contributed by atoms with Crippen molar-refractivity contribution >= 4 is 35.3 Å². The molecule has 1 aromatic carbocycles. The first-order valence-corrected chi connectivity index (χ1v) is 10.2. The van der Waals surface area contributed by atoms with Crippen LogP contribution in [0.2, 0.25) is 0 Å². The number of hydrogen-bond acceptors (Lipinski definition) is 9. The molecular weight excluding hydrogens is 426 g/mol. The summed E-state index contributed by atoms with van der Waals surface area (Å²) in [6.45, 7) is 0.765. The molecule has 0 spiro atoms. The normalized spacial score (nSPS) is 12.7. The number of para-hydroxylation sites is 1. The minimum Gasteiger partial charge on any atom is -0.410 e. The van der Waals surface area contributed by atoms with Crippen molar-refractivity contribution in [1.82, 2.24) is 15.8 Å². The summed E-state index contributed by atoms with van der Waals surface area (Å²) >= 11 is 1.12. The Labute approximate surface area is 181 Å². The molecular formula is C20H19N3O7S. The van der Waals surface area contributed by atoms with Crippen LogP contribution in [0.15, 0.2) is 45.8 Å². The third-order valence-corrected chi connectivity index (χ3v) is 5.01. The second-order valence-electron chi connectivity index (χ2n) is 6.11. The molecule has 2 amide bonds. The highest BCUT2D eigenvalue weighted by molar-refractivity contribution is 8.04. The van der Waals surface area contributed by atoms with E-state index in [1.165, 1.54) is 7.05 Å². The lowest BCUT2D eigenvalue weighted by Gasteiger charge is -2.11. The number of hydrogen-bond donors (Lipinski definition) is 2. The SMILES string of the molecule is CNC(=O)c1noc2c1C(=O)C(SCCOCCNC(=O)Oc1ccccc1)=CC2=O. The summed E-state index contributed by atoms with van der Waals surface area (Å²) < 4.78 is 15.3. The number of allylic oxidation sites excluding steroid dienone is 2. The lowest BCUT2D eigenvalue weighted by Crippen LogP contribution is -2.30. The molecule has 11 heteroatoms. The highest BCUT2D eigenvalue weighted by atomic mass is 32.2. The minimum absolute atomic E-state index is 0.128. The summed E-state index contributed by atoms with van der Waals surface area (Å²) in [7, 11) is 1.39. The van der Waals surface area contributed by atoms with Crippen LogP contribution in [0.1, 0.15) is 31.4 Å². The smallest absolute Gasteiger partial charge is 0.410 e. The van der Waals surface area contributed by atoms with Crippen LogP contribution in [0.3, 0.4) is 0 Å². The summed E-state index contributed by atoms with van der Waals surface area (Å²) in [5, 5.41) is 8.44. The maximum absolute atomic E-state index is 12.6. The summed E-state index contributed by atoms with van der Waals surface area (Å²) in [4.78, 5) is 48.4. The van der Waals surface area contributed by atoms with Crippen molar-refractivity contribution in [3.63, 3.8) is 0 Å². The Hall–Kier alpha value is -3.44. The largest absolute Gasteiger partial charge is 0.412 e. The van der Waals surface area contributed by atoms with Crippen molar-refractivity contribution in [2.45, 2.75) is 0 Å². The molecule has 0 unspecified atom stereocenters. The minimum atomic E-state index is -0.612. The van der Waals surface area contributed by atoms with E-state index >= 15 is 0 Å². The number of benzene rings is 1. The Bertz CT molecular complexity index is 1020. The summed E-state index contributed by atoms with van der Waals surface area (Å²) in [6.07, 6.45) is 0.576. The second kappa shape index (κ2) is 10.5. The number of aromatic nitrogens is 1. The van der Waals surface area contributed by atoms with Gasteiger partial charge in [-0.15, -0.1) is 11.8 Å². The Morgan fingerprint density at radius 1 is 1.16 bits per heavy atom. The molecule has 0 bridgehead atoms. The van der Waals surface area contributed by atoms with E-state index < -0.39 is 23.6 Å². The Morgan fingerprint density at radius 2 is 1.94 bits per heavy atom. The number of Topliss-reactive ketones (excluding diaryl/α,β-unsaturated/α-hetero) is 1. The van der Waals surface area contributed by atoms with Gasteiger partial charge in [0.1, 0.15) is 11.3 Å². The van der Waals surface area contributed by atoms with Gasteiger partial charge in [-0.2, -0.15) is 0 Å². The van der Waals surface area contributed by atoms with Gasteiger partial charge in [0, 0.05) is 25.4 Å². The van der Waals surface area contributed by atoms with Gasteiger partial charge in [-0.1, -0.05) is 23.4 Å². The maximum atomic E-state index is 12.6. The fourth-order valence-corrected chi connectivity index (χ4v) is 3.44. The van der Waals surface area contributed by atoms with Crippen LogP contribution in [0.5, 0.6) is 5.75 Å². The average molecular weight is 445 g/mol. The van der Waals surface area contributed by atoms with E-state index in [0.29, 0.717) is 11.5 Å². The van der Waals surface area contributed by atoms with Crippen molar-refractivity contribution in [2.24, 2.45) is 0 Å². The number of nitrogens with one attached hydrogen (secondary N) is 2. The van der Waals surface area contributed by atoms with E-state index in [4.69, 9.17) is 14.0 Å². The summed E-state index contributed by atoms with van der Waals surface area (Å²) in [5.41, 5.74) is -0.344. The number of rotatable bonds is 9. The molecule has 3 rings (SSSR count). The predicted octanol–water partition coefficient (Wildman–Crippen LogP) is 1.84. The van der Waals surface area contributed by atoms with Gasteiger partial charge in [-0.05, 0) is 12.1 Å². The molecule has 162 valence electrons. The molecule has 0 saturated carbocycles.